The number of aliphatic carboxylic acids is 1. The first-order valence-electron chi connectivity index (χ1n) is 5.25. The molecule has 100 valence electrons. The van der Waals surface area contributed by atoms with Crippen LogP contribution in [0.4, 0.5) is 0 Å². The third kappa shape index (κ3) is 3.79. The molecule has 5 nitrogen and oxygen atoms in total. The highest BCUT2D eigenvalue weighted by atomic mass is 79.9. The van der Waals surface area contributed by atoms with Crippen molar-refractivity contribution in [1.29, 1.82) is 0 Å². The van der Waals surface area contributed by atoms with Gasteiger partial charge in [-0.1, -0.05) is 22.9 Å². The summed E-state index contributed by atoms with van der Waals surface area (Å²) in [5.41, 5.74) is 0. The molecule has 0 saturated carbocycles. The number of carbonyl (C=O) groups is 1. The van der Waals surface area contributed by atoms with Crippen LogP contribution in [0, 0.1) is 5.92 Å². The lowest BCUT2D eigenvalue weighted by Crippen LogP contribution is -2.39. The molecule has 2 atom stereocenters. The molecule has 2 N–H and O–H groups in total. The molecule has 0 aromatic heterocycles. The van der Waals surface area contributed by atoms with Gasteiger partial charge in [0, 0.05) is 10.5 Å². The van der Waals surface area contributed by atoms with Crippen LogP contribution in [-0.2, 0) is 14.8 Å². The van der Waals surface area contributed by atoms with Gasteiger partial charge in [-0.2, -0.15) is 0 Å². The van der Waals surface area contributed by atoms with E-state index in [1.54, 1.807) is 12.1 Å². The molecule has 7 heteroatoms. The van der Waals surface area contributed by atoms with Crippen molar-refractivity contribution in [3.05, 3.63) is 28.7 Å². The van der Waals surface area contributed by atoms with Gasteiger partial charge in [0.05, 0.1) is 10.8 Å². The van der Waals surface area contributed by atoms with E-state index in [0.29, 0.717) is 0 Å². The van der Waals surface area contributed by atoms with Crippen molar-refractivity contribution in [3.63, 3.8) is 0 Å². The van der Waals surface area contributed by atoms with Crippen molar-refractivity contribution in [2.75, 3.05) is 0 Å². The van der Waals surface area contributed by atoms with Crippen LogP contribution < -0.4 is 4.72 Å². The summed E-state index contributed by atoms with van der Waals surface area (Å²) in [5, 5.41) is 8.82. The zero-order valence-electron chi connectivity index (χ0n) is 9.92. The Morgan fingerprint density at radius 3 is 2.22 bits per heavy atom. The monoisotopic (exact) mass is 335 g/mol. The Morgan fingerprint density at radius 2 is 1.78 bits per heavy atom. The molecule has 0 heterocycles. The molecule has 2 unspecified atom stereocenters. The summed E-state index contributed by atoms with van der Waals surface area (Å²) in [5.74, 6) is -1.84. The molecule has 18 heavy (non-hydrogen) atoms. The van der Waals surface area contributed by atoms with Crippen LogP contribution in [0.1, 0.15) is 13.8 Å². The highest BCUT2D eigenvalue weighted by molar-refractivity contribution is 9.10. The molecule has 0 saturated heterocycles. The minimum Gasteiger partial charge on any atom is -0.481 e. The number of nitrogens with one attached hydrogen (secondary N) is 1. The maximum atomic E-state index is 12.0. The van der Waals surface area contributed by atoms with E-state index in [2.05, 4.69) is 20.7 Å². The normalized spacial score (nSPS) is 15.1. The molecule has 0 aliphatic rings. The second kappa shape index (κ2) is 5.81. The van der Waals surface area contributed by atoms with Gasteiger partial charge in [0.15, 0.2) is 0 Å². The third-order valence-corrected chi connectivity index (χ3v) is 4.71. The average Bonchev–Trinajstić information content (AvgIpc) is 2.27. The largest absolute Gasteiger partial charge is 0.481 e. The number of hydrogen-bond acceptors (Lipinski definition) is 3. The quantitative estimate of drug-likeness (QED) is 0.859. The second-order valence-corrected chi connectivity index (χ2v) is 6.62. The molecule has 0 radical (unpaired) electrons. The van der Waals surface area contributed by atoms with Gasteiger partial charge in [-0.15, -0.1) is 0 Å². The van der Waals surface area contributed by atoms with Crippen molar-refractivity contribution < 1.29 is 18.3 Å². The van der Waals surface area contributed by atoms with Gasteiger partial charge in [0.25, 0.3) is 0 Å². The molecule has 0 aliphatic carbocycles. The summed E-state index contributed by atoms with van der Waals surface area (Å²) in [7, 11) is -3.69. The third-order valence-electron chi connectivity index (χ3n) is 2.60. The fraction of sp³-hybridized carbons (Fsp3) is 0.364. The molecule has 0 fully saturated rings. The maximum Gasteiger partial charge on any atom is 0.307 e. The molecule has 1 rings (SSSR count). The zero-order valence-corrected chi connectivity index (χ0v) is 12.3. The van der Waals surface area contributed by atoms with Gasteiger partial charge in [0.2, 0.25) is 10.0 Å². The minimum atomic E-state index is -3.69. The summed E-state index contributed by atoms with van der Waals surface area (Å²) in [4.78, 5) is 10.9. The molecular formula is C11H14BrNO4S. The Labute approximate surface area is 114 Å². The number of halogens is 1. The van der Waals surface area contributed by atoms with Gasteiger partial charge in [0.1, 0.15) is 0 Å². The number of sulfonamides is 1. The standard InChI is InChI=1S/C11H14BrNO4S/c1-7(11(14)15)8(2)13-18(16,17)10-5-3-9(12)4-6-10/h3-8,13H,1-2H3,(H,14,15). The van der Waals surface area contributed by atoms with Crippen molar-refractivity contribution in [2.24, 2.45) is 5.92 Å². The van der Waals surface area contributed by atoms with Gasteiger partial charge in [-0.3, -0.25) is 4.79 Å². The van der Waals surface area contributed by atoms with Crippen LogP contribution in [0.3, 0.4) is 0 Å². The van der Waals surface area contributed by atoms with Gasteiger partial charge in [-0.25, -0.2) is 13.1 Å². The van der Waals surface area contributed by atoms with Crippen LogP contribution in [0.15, 0.2) is 33.6 Å². The minimum absolute atomic E-state index is 0.107. The molecular weight excluding hydrogens is 322 g/mol. The van der Waals surface area contributed by atoms with E-state index in [-0.39, 0.29) is 4.90 Å². The van der Waals surface area contributed by atoms with E-state index in [1.165, 1.54) is 26.0 Å². The first-order chi connectivity index (χ1) is 8.24. The SMILES string of the molecule is CC(NS(=O)(=O)c1ccc(Br)cc1)C(C)C(=O)O. The van der Waals surface area contributed by atoms with E-state index in [4.69, 9.17) is 5.11 Å². The Kier molecular flexibility index (Phi) is 4.89. The van der Waals surface area contributed by atoms with Crippen molar-refractivity contribution in [3.8, 4) is 0 Å². The lowest BCUT2D eigenvalue weighted by atomic mass is 10.1. The zero-order chi connectivity index (χ0) is 13.9. The lowest BCUT2D eigenvalue weighted by Gasteiger charge is -2.17. The lowest BCUT2D eigenvalue weighted by molar-refractivity contribution is -0.141. The van der Waals surface area contributed by atoms with E-state index in [0.717, 1.165) is 4.47 Å². The Morgan fingerprint density at radius 1 is 1.28 bits per heavy atom. The highest BCUT2D eigenvalue weighted by Crippen LogP contribution is 2.15. The van der Waals surface area contributed by atoms with Crippen molar-refractivity contribution >= 4 is 31.9 Å². The van der Waals surface area contributed by atoms with Crippen molar-refractivity contribution in [1.82, 2.24) is 4.72 Å². The summed E-state index contributed by atoms with van der Waals surface area (Å²) in [6, 6.07) is 5.44. The van der Waals surface area contributed by atoms with Crippen LogP contribution in [0.25, 0.3) is 0 Å². The van der Waals surface area contributed by atoms with E-state index >= 15 is 0 Å². The number of carboxylic acids is 1. The van der Waals surface area contributed by atoms with Crippen LogP contribution in [0.5, 0.6) is 0 Å². The summed E-state index contributed by atoms with van der Waals surface area (Å²) < 4.78 is 27.0. The Hall–Kier alpha value is -0.920. The van der Waals surface area contributed by atoms with E-state index in [9.17, 15) is 13.2 Å². The number of benzene rings is 1. The van der Waals surface area contributed by atoms with E-state index < -0.39 is 28.0 Å². The van der Waals surface area contributed by atoms with Gasteiger partial charge < -0.3 is 5.11 Å². The highest BCUT2D eigenvalue weighted by Gasteiger charge is 2.25. The second-order valence-electron chi connectivity index (χ2n) is 3.99. The van der Waals surface area contributed by atoms with Gasteiger partial charge in [-0.05, 0) is 31.2 Å². The van der Waals surface area contributed by atoms with Crippen LogP contribution in [-0.4, -0.2) is 25.5 Å². The molecule has 0 spiro atoms. The number of carboxylic acid groups (broad SMARTS) is 1. The van der Waals surface area contributed by atoms with Crippen molar-refractivity contribution in [2.45, 2.75) is 24.8 Å². The number of rotatable bonds is 5. The predicted molar refractivity (Wildman–Crippen MR) is 70.7 cm³/mol. The Balaban J connectivity index is 2.89. The van der Waals surface area contributed by atoms with Gasteiger partial charge >= 0.3 is 5.97 Å². The maximum absolute atomic E-state index is 12.0. The smallest absolute Gasteiger partial charge is 0.307 e. The first kappa shape index (κ1) is 15.1. The predicted octanol–water partition coefficient (Wildman–Crippen LogP) is 1.84. The molecule has 1 aromatic rings. The molecule has 0 aliphatic heterocycles. The first-order valence-corrected chi connectivity index (χ1v) is 7.52. The number of hydrogen-bond donors (Lipinski definition) is 2. The van der Waals surface area contributed by atoms with E-state index in [1.807, 2.05) is 0 Å². The average molecular weight is 336 g/mol. The van der Waals surface area contributed by atoms with Crippen LogP contribution in [0.2, 0.25) is 0 Å². The summed E-state index contributed by atoms with van der Waals surface area (Å²) in [6.07, 6.45) is 0. The molecule has 0 bridgehead atoms. The Bertz CT molecular complexity index is 526. The molecule has 1 aromatic carbocycles. The summed E-state index contributed by atoms with van der Waals surface area (Å²) in [6.45, 7) is 2.98. The molecule has 0 amide bonds. The fourth-order valence-electron chi connectivity index (χ4n) is 1.24. The van der Waals surface area contributed by atoms with Crippen LogP contribution >= 0.6 is 15.9 Å². The topological polar surface area (TPSA) is 83.5 Å². The fourth-order valence-corrected chi connectivity index (χ4v) is 2.83. The summed E-state index contributed by atoms with van der Waals surface area (Å²) >= 11 is 3.21.